The Labute approximate surface area is 124 Å². The number of nitrogens with one attached hydrogen (secondary N) is 1. The van der Waals surface area contributed by atoms with Gasteiger partial charge in [0.1, 0.15) is 0 Å². The predicted molar refractivity (Wildman–Crippen MR) is 82.3 cm³/mol. The quantitative estimate of drug-likeness (QED) is 0.855. The van der Waals surface area contributed by atoms with Crippen molar-refractivity contribution < 1.29 is 8.42 Å². The lowest BCUT2D eigenvalue weighted by molar-refractivity contribution is 0.391. The summed E-state index contributed by atoms with van der Waals surface area (Å²) in [6.07, 6.45) is 3.52. The minimum Gasteiger partial charge on any atom is -0.399 e. The number of H-pyrrole nitrogens is 1. The van der Waals surface area contributed by atoms with Crippen LogP contribution in [0.5, 0.6) is 0 Å². The number of hydrogen-bond acceptors (Lipinski definition) is 3. The molecule has 2 aromatic rings. The van der Waals surface area contributed by atoms with Crippen molar-refractivity contribution in [3.8, 4) is 0 Å². The Morgan fingerprint density at radius 3 is 2.81 bits per heavy atom. The van der Waals surface area contributed by atoms with Crippen molar-refractivity contribution in [1.82, 2.24) is 9.29 Å². The summed E-state index contributed by atoms with van der Waals surface area (Å²) in [5.74, 6) is 0. The first-order chi connectivity index (χ1) is 9.98. The number of anilines is 1. The van der Waals surface area contributed by atoms with Gasteiger partial charge in [0, 0.05) is 24.1 Å². The average Bonchev–Trinajstić information content (AvgIpc) is 3.08. The molecule has 0 saturated carbocycles. The molecule has 0 amide bonds. The third-order valence-corrected chi connectivity index (χ3v) is 5.75. The van der Waals surface area contributed by atoms with Crippen molar-refractivity contribution in [3.63, 3.8) is 0 Å². The maximum Gasteiger partial charge on any atom is 0.243 e. The van der Waals surface area contributed by atoms with Crippen LogP contribution in [0.1, 0.15) is 30.1 Å². The summed E-state index contributed by atoms with van der Waals surface area (Å²) in [7, 11) is -3.53. The Bertz CT molecular complexity index is 718. The number of aryl methyl sites for hydroxylation is 1. The smallest absolute Gasteiger partial charge is 0.243 e. The molecule has 1 unspecified atom stereocenters. The topological polar surface area (TPSA) is 79.2 Å². The van der Waals surface area contributed by atoms with Crippen molar-refractivity contribution in [2.24, 2.45) is 0 Å². The van der Waals surface area contributed by atoms with Gasteiger partial charge in [-0.1, -0.05) is 0 Å². The zero-order valence-electron chi connectivity index (χ0n) is 11.9. The van der Waals surface area contributed by atoms with Gasteiger partial charge in [0.25, 0.3) is 0 Å². The fourth-order valence-electron chi connectivity index (χ4n) is 2.95. The number of nitrogens with two attached hydrogens (primary N) is 1. The van der Waals surface area contributed by atoms with Gasteiger partial charge in [0.05, 0.1) is 10.9 Å². The van der Waals surface area contributed by atoms with Gasteiger partial charge in [-0.15, -0.1) is 0 Å². The maximum atomic E-state index is 12.9. The van der Waals surface area contributed by atoms with Crippen molar-refractivity contribution in [2.75, 3.05) is 12.3 Å². The normalized spacial score (nSPS) is 20.0. The van der Waals surface area contributed by atoms with Crippen molar-refractivity contribution in [3.05, 3.63) is 47.8 Å². The zero-order valence-corrected chi connectivity index (χ0v) is 12.7. The van der Waals surface area contributed by atoms with E-state index >= 15 is 0 Å². The zero-order chi connectivity index (χ0) is 15.0. The number of benzene rings is 1. The Hall–Kier alpha value is -1.79. The number of nitrogen functional groups attached to an aromatic ring is 1. The molecule has 112 valence electrons. The highest BCUT2D eigenvalue weighted by Gasteiger charge is 2.36. The molecular formula is C15H19N3O2S. The van der Waals surface area contributed by atoms with E-state index in [-0.39, 0.29) is 10.9 Å². The second-order valence-corrected chi connectivity index (χ2v) is 7.37. The second-order valence-electron chi connectivity index (χ2n) is 5.48. The van der Waals surface area contributed by atoms with Crippen LogP contribution >= 0.6 is 0 Å². The van der Waals surface area contributed by atoms with Gasteiger partial charge < -0.3 is 10.7 Å². The molecule has 1 aromatic heterocycles. The van der Waals surface area contributed by atoms with Gasteiger partial charge in [-0.3, -0.25) is 0 Å². The van der Waals surface area contributed by atoms with Gasteiger partial charge >= 0.3 is 0 Å². The largest absolute Gasteiger partial charge is 0.399 e. The highest BCUT2D eigenvalue weighted by Crippen LogP contribution is 2.36. The first-order valence-electron chi connectivity index (χ1n) is 7.01. The van der Waals surface area contributed by atoms with E-state index in [0.717, 1.165) is 24.1 Å². The molecule has 6 heteroatoms. The maximum absolute atomic E-state index is 12.9. The number of nitrogens with zero attached hydrogens (tertiary/aromatic N) is 1. The summed E-state index contributed by atoms with van der Waals surface area (Å²) in [4.78, 5) is 3.40. The van der Waals surface area contributed by atoms with Crippen molar-refractivity contribution in [2.45, 2.75) is 30.7 Å². The number of aromatic amines is 1. The van der Waals surface area contributed by atoms with Gasteiger partial charge in [0.2, 0.25) is 10.0 Å². The summed E-state index contributed by atoms with van der Waals surface area (Å²) >= 11 is 0. The summed E-state index contributed by atoms with van der Waals surface area (Å²) in [5.41, 5.74) is 8.06. The Kier molecular flexibility index (Phi) is 3.51. The fourth-order valence-corrected chi connectivity index (χ4v) is 4.77. The van der Waals surface area contributed by atoms with Gasteiger partial charge in [-0.2, -0.15) is 4.31 Å². The van der Waals surface area contributed by atoms with Crippen LogP contribution in [0.2, 0.25) is 0 Å². The van der Waals surface area contributed by atoms with Crippen LogP contribution in [-0.4, -0.2) is 24.3 Å². The lowest BCUT2D eigenvalue weighted by atomic mass is 10.2. The van der Waals surface area contributed by atoms with E-state index in [9.17, 15) is 8.42 Å². The molecule has 5 nitrogen and oxygen atoms in total. The molecule has 2 heterocycles. The number of aromatic nitrogens is 1. The van der Waals surface area contributed by atoms with Crippen molar-refractivity contribution >= 4 is 15.7 Å². The molecule has 1 aromatic carbocycles. The molecular weight excluding hydrogens is 286 g/mol. The highest BCUT2D eigenvalue weighted by atomic mass is 32.2. The first-order valence-corrected chi connectivity index (χ1v) is 8.45. The predicted octanol–water partition coefficient (Wildman–Crippen LogP) is 2.43. The lowest BCUT2D eigenvalue weighted by Gasteiger charge is -2.23. The van der Waals surface area contributed by atoms with E-state index in [1.807, 2.05) is 25.3 Å². The third kappa shape index (κ3) is 2.56. The van der Waals surface area contributed by atoms with Gasteiger partial charge in [-0.05, 0) is 55.7 Å². The monoisotopic (exact) mass is 305 g/mol. The lowest BCUT2D eigenvalue weighted by Crippen LogP contribution is -2.31. The van der Waals surface area contributed by atoms with Crippen molar-refractivity contribution in [1.29, 1.82) is 0 Å². The van der Waals surface area contributed by atoms with Crippen LogP contribution < -0.4 is 5.73 Å². The van der Waals surface area contributed by atoms with Gasteiger partial charge in [0.15, 0.2) is 0 Å². The minimum absolute atomic E-state index is 0.119. The van der Waals surface area contributed by atoms with E-state index in [0.29, 0.717) is 12.2 Å². The standard InChI is InChI=1S/C15H19N3O2S/c1-11-8-12(16)10-13(9-11)21(19,20)18-7-3-5-15(18)14-4-2-6-17-14/h2,4,6,8-10,15,17H,3,5,7,16H2,1H3. The van der Waals surface area contributed by atoms with E-state index in [2.05, 4.69) is 4.98 Å². The van der Waals surface area contributed by atoms with Crippen LogP contribution in [0.15, 0.2) is 41.4 Å². The number of rotatable bonds is 3. The molecule has 1 saturated heterocycles. The minimum atomic E-state index is -3.53. The summed E-state index contributed by atoms with van der Waals surface area (Å²) in [6.45, 7) is 2.39. The number of sulfonamides is 1. The highest BCUT2D eigenvalue weighted by molar-refractivity contribution is 7.89. The molecule has 21 heavy (non-hydrogen) atoms. The second kappa shape index (κ2) is 5.20. The molecule has 1 aliphatic heterocycles. The summed E-state index contributed by atoms with van der Waals surface area (Å²) in [6, 6.07) is 8.69. The van der Waals surface area contributed by atoms with E-state index in [1.165, 1.54) is 6.07 Å². The molecule has 1 atom stereocenters. The molecule has 1 fully saturated rings. The van der Waals surface area contributed by atoms with Crippen LogP contribution in [0.25, 0.3) is 0 Å². The van der Waals surface area contributed by atoms with Crippen LogP contribution in [0.4, 0.5) is 5.69 Å². The number of hydrogen-bond donors (Lipinski definition) is 2. The van der Waals surface area contributed by atoms with Crippen LogP contribution in [0.3, 0.4) is 0 Å². The molecule has 3 rings (SSSR count). The molecule has 0 spiro atoms. The Balaban J connectivity index is 2.01. The van der Waals surface area contributed by atoms with Gasteiger partial charge in [-0.25, -0.2) is 8.42 Å². The SMILES string of the molecule is Cc1cc(N)cc(S(=O)(=O)N2CCCC2c2ccc[nH]2)c1. The summed E-state index contributed by atoms with van der Waals surface area (Å²) < 4.78 is 27.4. The van der Waals surface area contributed by atoms with E-state index < -0.39 is 10.0 Å². The molecule has 0 bridgehead atoms. The Morgan fingerprint density at radius 2 is 2.14 bits per heavy atom. The Morgan fingerprint density at radius 1 is 1.33 bits per heavy atom. The average molecular weight is 305 g/mol. The van der Waals surface area contributed by atoms with E-state index in [1.54, 1.807) is 16.4 Å². The van der Waals surface area contributed by atoms with Crippen LogP contribution in [-0.2, 0) is 10.0 Å². The molecule has 1 aliphatic rings. The molecule has 0 radical (unpaired) electrons. The first kappa shape index (κ1) is 14.2. The molecule has 3 N–H and O–H groups in total. The molecule has 0 aliphatic carbocycles. The summed E-state index contributed by atoms with van der Waals surface area (Å²) in [5, 5.41) is 0. The van der Waals surface area contributed by atoms with Crippen LogP contribution in [0, 0.1) is 6.92 Å². The third-order valence-electron chi connectivity index (χ3n) is 3.86. The van der Waals surface area contributed by atoms with E-state index in [4.69, 9.17) is 5.73 Å². The fraction of sp³-hybridized carbons (Fsp3) is 0.333.